The zero-order valence-corrected chi connectivity index (χ0v) is 12.1. The molecule has 1 aliphatic heterocycles. The molecular weight excluding hydrogens is 240 g/mol. The Balaban J connectivity index is 1.91. The second-order valence-corrected chi connectivity index (χ2v) is 5.15. The van der Waals surface area contributed by atoms with Crippen molar-refractivity contribution >= 4 is 0 Å². The Labute approximate surface area is 115 Å². The predicted octanol–water partition coefficient (Wildman–Crippen LogP) is 1.87. The summed E-state index contributed by atoms with van der Waals surface area (Å²) in [4.78, 5) is 2.44. The number of aromatic nitrogens is 1. The van der Waals surface area contributed by atoms with Crippen LogP contribution in [-0.4, -0.2) is 36.2 Å². The lowest BCUT2D eigenvalue weighted by Gasteiger charge is -2.26. The summed E-state index contributed by atoms with van der Waals surface area (Å²) in [5.74, 6) is 0.863. The molecule has 1 aromatic heterocycles. The van der Waals surface area contributed by atoms with Gasteiger partial charge in [0.25, 0.3) is 0 Å². The molecule has 0 amide bonds. The number of hydrogen-bond acceptors (Lipinski definition) is 3. The summed E-state index contributed by atoms with van der Waals surface area (Å²) in [6.45, 7) is 8.90. The standard InChI is InChI=1S/C15H24N2O2/c1-3-17-10-7-14(18)15(13(17)2)19-12-11-16-8-5-4-6-9-16/h7,10H,3-6,8-9,11-12H2,1-2H3/p+1. The van der Waals surface area contributed by atoms with E-state index in [1.807, 2.05) is 13.1 Å². The summed E-state index contributed by atoms with van der Waals surface area (Å²) in [7, 11) is 0. The van der Waals surface area contributed by atoms with Crippen LogP contribution in [0.25, 0.3) is 0 Å². The molecule has 1 aliphatic rings. The Hall–Kier alpha value is -1.29. The van der Waals surface area contributed by atoms with Gasteiger partial charge in [0.15, 0.2) is 11.9 Å². The molecule has 1 aromatic rings. The first kappa shape index (κ1) is 14.1. The summed E-state index contributed by atoms with van der Waals surface area (Å²) in [6.07, 6.45) is 5.84. The van der Waals surface area contributed by atoms with Crippen LogP contribution in [0.1, 0.15) is 31.9 Å². The van der Waals surface area contributed by atoms with Gasteiger partial charge in [-0.2, -0.15) is 4.57 Å². The van der Waals surface area contributed by atoms with Gasteiger partial charge in [0.05, 0.1) is 0 Å². The van der Waals surface area contributed by atoms with Gasteiger partial charge >= 0.3 is 0 Å². The van der Waals surface area contributed by atoms with Crippen molar-refractivity contribution in [2.24, 2.45) is 0 Å². The van der Waals surface area contributed by atoms with Crippen LogP contribution < -0.4 is 9.30 Å². The van der Waals surface area contributed by atoms with E-state index in [1.54, 1.807) is 6.07 Å². The SMILES string of the molecule is CC[n+]1ccc(O)c(OCCN2CCCCC2)c1C. The molecule has 0 unspecified atom stereocenters. The van der Waals surface area contributed by atoms with E-state index in [2.05, 4.69) is 16.4 Å². The number of ether oxygens (including phenoxy) is 1. The number of nitrogens with zero attached hydrogens (tertiary/aromatic N) is 2. The van der Waals surface area contributed by atoms with Crippen molar-refractivity contribution in [2.75, 3.05) is 26.2 Å². The number of likely N-dealkylation sites (tertiary alicyclic amines) is 1. The normalized spacial score (nSPS) is 16.5. The van der Waals surface area contributed by atoms with E-state index in [0.717, 1.165) is 18.8 Å². The van der Waals surface area contributed by atoms with Gasteiger partial charge in [-0.3, -0.25) is 4.90 Å². The van der Waals surface area contributed by atoms with Crippen LogP contribution in [0.5, 0.6) is 11.5 Å². The van der Waals surface area contributed by atoms with Gasteiger partial charge in [-0.1, -0.05) is 6.42 Å². The molecule has 0 bridgehead atoms. The number of rotatable bonds is 5. The highest BCUT2D eigenvalue weighted by Gasteiger charge is 2.17. The molecule has 0 aliphatic carbocycles. The van der Waals surface area contributed by atoms with Crippen LogP contribution in [0.2, 0.25) is 0 Å². The summed E-state index contributed by atoms with van der Waals surface area (Å²) < 4.78 is 7.88. The van der Waals surface area contributed by atoms with E-state index in [9.17, 15) is 5.11 Å². The van der Waals surface area contributed by atoms with E-state index in [0.29, 0.717) is 12.4 Å². The van der Waals surface area contributed by atoms with E-state index >= 15 is 0 Å². The molecule has 1 N–H and O–H groups in total. The zero-order chi connectivity index (χ0) is 13.7. The van der Waals surface area contributed by atoms with Crippen molar-refractivity contribution in [1.82, 2.24) is 4.90 Å². The van der Waals surface area contributed by atoms with Crippen LogP contribution in [-0.2, 0) is 6.54 Å². The fourth-order valence-corrected chi connectivity index (χ4v) is 2.64. The van der Waals surface area contributed by atoms with Gasteiger partial charge in [0.1, 0.15) is 13.2 Å². The molecule has 2 heterocycles. The van der Waals surface area contributed by atoms with Gasteiger partial charge in [-0.05, 0) is 32.9 Å². The average molecular weight is 265 g/mol. The van der Waals surface area contributed by atoms with Gasteiger partial charge in [-0.15, -0.1) is 0 Å². The summed E-state index contributed by atoms with van der Waals surface area (Å²) in [5.41, 5.74) is 0.987. The molecule has 4 heteroatoms. The van der Waals surface area contributed by atoms with Gasteiger partial charge < -0.3 is 9.84 Å². The van der Waals surface area contributed by atoms with Crippen LogP contribution in [0.4, 0.5) is 0 Å². The Morgan fingerprint density at radius 2 is 2.05 bits per heavy atom. The maximum Gasteiger partial charge on any atom is 0.228 e. The maximum absolute atomic E-state index is 9.90. The van der Waals surface area contributed by atoms with Crippen molar-refractivity contribution in [3.8, 4) is 11.5 Å². The molecule has 0 atom stereocenters. The van der Waals surface area contributed by atoms with E-state index in [-0.39, 0.29) is 5.75 Å². The molecular formula is C15H25N2O2+. The monoisotopic (exact) mass is 265 g/mol. The Kier molecular flexibility index (Phi) is 5.02. The van der Waals surface area contributed by atoms with Crippen LogP contribution in [0, 0.1) is 6.92 Å². The summed E-state index contributed by atoms with van der Waals surface area (Å²) in [6, 6.07) is 1.70. The first-order valence-corrected chi connectivity index (χ1v) is 7.29. The first-order chi connectivity index (χ1) is 9.22. The fourth-order valence-electron chi connectivity index (χ4n) is 2.64. The molecule has 0 saturated carbocycles. The highest BCUT2D eigenvalue weighted by atomic mass is 16.5. The van der Waals surface area contributed by atoms with Crippen LogP contribution in [0.3, 0.4) is 0 Å². The minimum atomic E-state index is 0.237. The second kappa shape index (κ2) is 6.75. The Morgan fingerprint density at radius 1 is 1.32 bits per heavy atom. The fraction of sp³-hybridized carbons (Fsp3) is 0.667. The van der Waals surface area contributed by atoms with Crippen molar-refractivity contribution in [2.45, 2.75) is 39.7 Å². The summed E-state index contributed by atoms with van der Waals surface area (Å²) >= 11 is 0. The number of piperidine rings is 1. The third-order valence-electron chi connectivity index (χ3n) is 3.85. The molecule has 2 rings (SSSR count). The Morgan fingerprint density at radius 3 is 2.74 bits per heavy atom. The van der Waals surface area contributed by atoms with Gasteiger partial charge in [-0.25, -0.2) is 0 Å². The van der Waals surface area contributed by atoms with E-state index in [1.165, 1.54) is 32.4 Å². The zero-order valence-electron chi connectivity index (χ0n) is 12.1. The molecule has 106 valence electrons. The van der Waals surface area contributed by atoms with E-state index in [4.69, 9.17) is 4.74 Å². The van der Waals surface area contributed by atoms with Crippen LogP contribution in [0.15, 0.2) is 12.3 Å². The number of aromatic hydroxyl groups is 1. The van der Waals surface area contributed by atoms with Crippen molar-refractivity contribution < 1.29 is 14.4 Å². The molecule has 4 nitrogen and oxygen atoms in total. The smallest absolute Gasteiger partial charge is 0.228 e. The van der Waals surface area contributed by atoms with Crippen molar-refractivity contribution in [1.29, 1.82) is 0 Å². The highest BCUT2D eigenvalue weighted by molar-refractivity contribution is 5.38. The topological polar surface area (TPSA) is 36.6 Å². The molecule has 0 spiro atoms. The number of aryl methyl sites for hydroxylation is 1. The van der Waals surface area contributed by atoms with E-state index < -0.39 is 0 Å². The molecule has 19 heavy (non-hydrogen) atoms. The number of hydrogen-bond donors (Lipinski definition) is 1. The van der Waals surface area contributed by atoms with Crippen molar-refractivity contribution in [3.63, 3.8) is 0 Å². The second-order valence-electron chi connectivity index (χ2n) is 5.15. The third kappa shape index (κ3) is 3.60. The minimum absolute atomic E-state index is 0.237. The molecule has 0 aromatic carbocycles. The lowest BCUT2D eigenvalue weighted by Crippen LogP contribution is -2.36. The number of pyridine rings is 1. The largest absolute Gasteiger partial charge is 0.504 e. The Bertz CT molecular complexity index is 415. The highest BCUT2D eigenvalue weighted by Crippen LogP contribution is 2.26. The maximum atomic E-state index is 9.90. The molecule has 1 fully saturated rings. The van der Waals surface area contributed by atoms with Crippen LogP contribution >= 0.6 is 0 Å². The molecule has 1 saturated heterocycles. The average Bonchev–Trinajstić information content (AvgIpc) is 2.44. The quantitative estimate of drug-likeness (QED) is 0.826. The minimum Gasteiger partial charge on any atom is -0.504 e. The molecule has 0 radical (unpaired) electrons. The third-order valence-corrected chi connectivity index (χ3v) is 3.85. The van der Waals surface area contributed by atoms with Gasteiger partial charge in [0.2, 0.25) is 11.4 Å². The van der Waals surface area contributed by atoms with Gasteiger partial charge in [0, 0.05) is 19.5 Å². The lowest BCUT2D eigenvalue weighted by atomic mass is 10.1. The summed E-state index contributed by atoms with van der Waals surface area (Å²) in [5, 5.41) is 9.90. The predicted molar refractivity (Wildman–Crippen MR) is 74.5 cm³/mol. The first-order valence-electron chi connectivity index (χ1n) is 7.29. The lowest BCUT2D eigenvalue weighted by molar-refractivity contribution is -0.699. The van der Waals surface area contributed by atoms with Crippen molar-refractivity contribution in [3.05, 3.63) is 18.0 Å².